The first kappa shape index (κ1) is 13.5. The first-order chi connectivity index (χ1) is 7.71. The lowest BCUT2D eigenvalue weighted by molar-refractivity contribution is -0.138. The van der Waals surface area contributed by atoms with Crippen LogP contribution in [0.5, 0.6) is 0 Å². The van der Waals surface area contributed by atoms with Crippen molar-refractivity contribution in [1.82, 2.24) is 4.90 Å². The molecule has 0 bridgehead atoms. The van der Waals surface area contributed by atoms with E-state index in [1.165, 1.54) is 6.07 Å². The molecule has 0 amide bonds. The minimum absolute atomic E-state index is 0.387. The fraction of sp³-hybridized carbons (Fsp3) is 0.364. The third kappa shape index (κ3) is 3.45. The first-order valence-electron chi connectivity index (χ1n) is 4.80. The molecule has 0 unspecified atom stereocenters. The van der Waals surface area contributed by atoms with Crippen molar-refractivity contribution in [3.05, 3.63) is 34.9 Å². The Hall–Kier alpha value is -1.56. The summed E-state index contributed by atoms with van der Waals surface area (Å²) in [5, 5.41) is 8.77. The lowest BCUT2D eigenvalue weighted by atomic mass is 10.0. The smallest absolute Gasteiger partial charge is 0.417 e. The second kappa shape index (κ2) is 4.75. The minimum Gasteiger partial charge on any atom is -0.478 e. The van der Waals surface area contributed by atoms with Gasteiger partial charge in [0.1, 0.15) is 0 Å². The molecule has 94 valence electrons. The van der Waals surface area contributed by atoms with Gasteiger partial charge in [0.15, 0.2) is 0 Å². The highest BCUT2D eigenvalue weighted by atomic mass is 19.4. The third-order valence-electron chi connectivity index (χ3n) is 2.12. The lowest BCUT2D eigenvalue weighted by Gasteiger charge is -2.14. The summed E-state index contributed by atoms with van der Waals surface area (Å²) in [5.41, 5.74) is -1.30. The van der Waals surface area contributed by atoms with E-state index >= 15 is 0 Å². The molecule has 0 aromatic heterocycles. The topological polar surface area (TPSA) is 40.5 Å². The van der Waals surface area contributed by atoms with Gasteiger partial charge in [-0.3, -0.25) is 0 Å². The molecule has 1 aromatic carbocycles. The molecule has 1 N–H and O–H groups in total. The summed E-state index contributed by atoms with van der Waals surface area (Å²) >= 11 is 0. The number of carbonyl (C=O) groups is 1. The van der Waals surface area contributed by atoms with Gasteiger partial charge in [0.25, 0.3) is 0 Å². The van der Waals surface area contributed by atoms with E-state index in [4.69, 9.17) is 5.11 Å². The summed E-state index contributed by atoms with van der Waals surface area (Å²) in [5.74, 6) is -1.57. The zero-order valence-electron chi connectivity index (χ0n) is 9.38. The minimum atomic E-state index is -4.65. The molecule has 1 rings (SSSR count). The van der Waals surface area contributed by atoms with Crippen LogP contribution in [0.3, 0.4) is 0 Å². The summed E-state index contributed by atoms with van der Waals surface area (Å²) < 4.78 is 37.6. The van der Waals surface area contributed by atoms with Crippen LogP contribution in [-0.2, 0) is 12.7 Å². The number of rotatable bonds is 3. The van der Waals surface area contributed by atoms with E-state index in [1.54, 1.807) is 19.0 Å². The van der Waals surface area contributed by atoms with Gasteiger partial charge in [0.05, 0.1) is 11.1 Å². The standard InChI is InChI=1S/C11H12F3NO2/c1-15(2)6-7-3-4-9(11(12,13)14)8(5-7)10(16)17/h3-5H,6H2,1-2H3,(H,16,17). The monoisotopic (exact) mass is 247 g/mol. The van der Waals surface area contributed by atoms with Gasteiger partial charge < -0.3 is 10.0 Å². The van der Waals surface area contributed by atoms with Gasteiger partial charge >= 0.3 is 12.1 Å². The average molecular weight is 247 g/mol. The van der Waals surface area contributed by atoms with Crippen LogP contribution in [0.1, 0.15) is 21.5 Å². The molecule has 0 atom stereocenters. The molecule has 0 saturated carbocycles. The van der Waals surface area contributed by atoms with E-state index in [0.29, 0.717) is 12.1 Å². The van der Waals surface area contributed by atoms with E-state index in [-0.39, 0.29) is 0 Å². The normalized spacial score (nSPS) is 11.9. The van der Waals surface area contributed by atoms with Crippen LogP contribution in [0.25, 0.3) is 0 Å². The SMILES string of the molecule is CN(C)Cc1ccc(C(F)(F)F)c(C(=O)O)c1. The largest absolute Gasteiger partial charge is 0.478 e. The van der Waals surface area contributed by atoms with Crippen molar-refractivity contribution in [1.29, 1.82) is 0 Å². The van der Waals surface area contributed by atoms with Crippen molar-refractivity contribution in [3.63, 3.8) is 0 Å². The van der Waals surface area contributed by atoms with Crippen molar-refractivity contribution in [2.24, 2.45) is 0 Å². The molecule has 6 heteroatoms. The molecule has 1 aromatic rings. The van der Waals surface area contributed by atoms with Crippen LogP contribution in [0.2, 0.25) is 0 Å². The number of alkyl halides is 3. The first-order valence-corrected chi connectivity index (χ1v) is 4.80. The zero-order chi connectivity index (χ0) is 13.2. The number of hydrogen-bond acceptors (Lipinski definition) is 2. The van der Waals surface area contributed by atoms with Crippen molar-refractivity contribution in [2.75, 3.05) is 14.1 Å². The predicted octanol–water partition coefficient (Wildman–Crippen LogP) is 2.47. The van der Waals surface area contributed by atoms with Crippen molar-refractivity contribution >= 4 is 5.97 Å². The second-order valence-electron chi connectivity index (χ2n) is 3.92. The number of carboxylic acid groups (broad SMARTS) is 1. The van der Waals surface area contributed by atoms with Gasteiger partial charge in [-0.2, -0.15) is 13.2 Å². The molecule has 3 nitrogen and oxygen atoms in total. The van der Waals surface area contributed by atoms with Gasteiger partial charge in [-0.15, -0.1) is 0 Å². The molecule has 0 aliphatic rings. The Balaban J connectivity index is 3.23. The number of carboxylic acids is 1. The maximum atomic E-state index is 12.5. The van der Waals surface area contributed by atoms with Crippen LogP contribution < -0.4 is 0 Å². The molecule has 17 heavy (non-hydrogen) atoms. The number of nitrogens with zero attached hydrogens (tertiary/aromatic N) is 1. The van der Waals surface area contributed by atoms with E-state index in [9.17, 15) is 18.0 Å². The Bertz CT molecular complexity index is 427. The Morgan fingerprint density at radius 2 is 1.94 bits per heavy atom. The number of halogens is 3. The number of aromatic carboxylic acids is 1. The van der Waals surface area contributed by atoms with Gasteiger partial charge in [0.2, 0.25) is 0 Å². The maximum absolute atomic E-state index is 12.5. The third-order valence-corrected chi connectivity index (χ3v) is 2.12. The van der Waals surface area contributed by atoms with E-state index in [2.05, 4.69) is 0 Å². The van der Waals surface area contributed by atoms with Gasteiger partial charge in [-0.1, -0.05) is 6.07 Å². The van der Waals surface area contributed by atoms with Crippen molar-refractivity contribution in [3.8, 4) is 0 Å². The van der Waals surface area contributed by atoms with Crippen molar-refractivity contribution < 1.29 is 23.1 Å². The highest BCUT2D eigenvalue weighted by Crippen LogP contribution is 2.32. The summed E-state index contributed by atoms with van der Waals surface area (Å²) in [6.45, 7) is 0.387. The fourth-order valence-corrected chi connectivity index (χ4v) is 1.48. The van der Waals surface area contributed by atoms with Crippen LogP contribution >= 0.6 is 0 Å². The highest BCUT2D eigenvalue weighted by molar-refractivity contribution is 5.89. The lowest BCUT2D eigenvalue weighted by Crippen LogP contribution is -2.15. The van der Waals surface area contributed by atoms with Gasteiger partial charge in [-0.05, 0) is 31.8 Å². The predicted molar refractivity (Wildman–Crippen MR) is 55.8 cm³/mol. The Labute approximate surface area is 96.5 Å². The molecular formula is C11H12F3NO2. The Morgan fingerprint density at radius 1 is 1.35 bits per heavy atom. The van der Waals surface area contributed by atoms with Gasteiger partial charge in [0, 0.05) is 6.54 Å². The molecule has 0 radical (unpaired) electrons. The maximum Gasteiger partial charge on any atom is 0.417 e. The number of hydrogen-bond donors (Lipinski definition) is 1. The molecule has 0 spiro atoms. The molecule has 0 saturated heterocycles. The summed E-state index contributed by atoms with van der Waals surface area (Å²) in [6, 6.07) is 3.16. The molecule has 0 aliphatic carbocycles. The van der Waals surface area contributed by atoms with Crippen LogP contribution in [-0.4, -0.2) is 30.1 Å². The average Bonchev–Trinajstić information content (AvgIpc) is 2.14. The Kier molecular flexibility index (Phi) is 3.77. The summed E-state index contributed by atoms with van der Waals surface area (Å²) in [6.07, 6.45) is -4.65. The van der Waals surface area contributed by atoms with Gasteiger partial charge in [-0.25, -0.2) is 4.79 Å². The zero-order valence-corrected chi connectivity index (χ0v) is 9.38. The van der Waals surface area contributed by atoms with E-state index in [0.717, 1.165) is 12.1 Å². The van der Waals surface area contributed by atoms with E-state index < -0.39 is 23.3 Å². The summed E-state index contributed by atoms with van der Waals surface area (Å²) in [4.78, 5) is 12.5. The van der Waals surface area contributed by atoms with Crippen molar-refractivity contribution in [2.45, 2.75) is 12.7 Å². The number of benzene rings is 1. The highest BCUT2D eigenvalue weighted by Gasteiger charge is 2.35. The molecule has 0 fully saturated rings. The molecule has 0 heterocycles. The van der Waals surface area contributed by atoms with Crippen LogP contribution in [0.15, 0.2) is 18.2 Å². The fourth-order valence-electron chi connectivity index (χ4n) is 1.48. The second-order valence-corrected chi connectivity index (χ2v) is 3.92. The Morgan fingerprint density at radius 3 is 2.35 bits per heavy atom. The summed E-state index contributed by atoms with van der Waals surface area (Å²) in [7, 11) is 3.50. The molecular weight excluding hydrogens is 235 g/mol. The molecule has 0 aliphatic heterocycles. The van der Waals surface area contributed by atoms with E-state index in [1.807, 2.05) is 0 Å². The van der Waals surface area contributed by atoms with Crippen LogP contribution in [0.4, 0.5) is 13.2 Å². The quantitative estimate of drug-likeness (QED) is 0.892. The van der Waals surface area contributed by atoms with Crippen LogP contribution in [0, 0.1) is 0 Å².